The summed E-state index contributed by atoms with van der Waals surface area (Å²) in [6, 6.07) is 2.33. The van der Waals surface area contributed by atoms with Gasteiger partial charge >= 0.3 is 0 Å². The smallest absolute Gasteiger partial charge is 0.235 e. The number of aromatic nitrogens is 1. The Labute approximate surface area is 141 Å². The zero-order chi connectivity index (χ0) is 16.2. The predicted octanol–water partition coefficient (Wildman–Crippen LogP) is 2.72. The number of ether oxygens (including phenoxy) is 1. The number of nitrogens with zero attached hydrogens (tertiary/aromatic N) is 2. The Kier molecular flexibility index (Phi) is 5.29. The topological polar surface area (TPSA) is 67.0 Å². The van der Waals surface area contributed by atoms with Gasteiger partial charge in [0.25, 0.3) is 0 Å². The fraction of sp³-hybridized carbons (Fsp3) is 0.647. The molecule has 1 saturated heterocycles. The molecule has 0 bridgehead atoms. The molecule has 0 unspecified atom stereocenters. The number of rotatable bonds is 5. The molecule has 1 N–H and O–H groups in total. The molecule has 0 saturated carbocycles. The first-order valence-corrected chi connectivity index (χ1v) is 9.68. The van der Waals surface area contributed by atoms with Crippen LogP contribution in [-0.2, 0) is 28.9 Å². The Hall–Kier alpha value is -1.45. The summed E-state index contributed by atoms with van der Waals surface area (Å²) in [5, 5.41) is 12.6. The molecule has 1 fully saturated rings. The van der Waals surface area contributed by atoms with Crippen molar-refractivity contribution < 1.29 is 9.53 Å². The van der Waals surface area contributed by atoms with E-state index in [1.54, 1.807) is 0 Å². The number of carbonyl (C=O) groups is 1. The van der Waals surface area contributed by atoms with Gasteiger partial charge in [0, 0.05) is 12.3 Å². The number of thioether (sulfide) groups is 1. The SMILES string of the molecule is CSCC(=O)Nc1c(C#N)c2c(n1C[C@H]1CCCO1)CCCC2. The number of nitriles is 1. The number of carbonyl (C=O) groups excluding carboxylic acids is 1. The maximum atomic E-state index is 12.1. The van der Waals surface area contributed by atoms with Gasteiger partial charge in [-0.15, -0.1) is 0 Å². The van der Waals surface area contributed by atoms with Crippen LogP contribution in [0.1, 0.15) is 42.5 Å². The molecule has 3 rings (SSSR count). The van der Waals surface area contributed by atoms with Crippen molar-refractivity contribution in [1.82, 2.24) is 4.57 Å². The van der Waals surface area contributed by atoms with E-state index in [1.807, 2.05) is 6.26 Å². The molecule has 0 spiro atoms. The minimum absolute atomic E-state index is 0.0440. The minimum Gasteiger partial charge on any atom is -0.376 e. The summed E-state index contributed by atoms with van der Waals surface area (Å²) in [6.07, 6.45) is 8.41. The molecule has 0 radical (unpaired) electrons. The molecule has 1 atom stereocenters. The van der Waals surface area contributed by atoms with E-state index in [-0.39, 0.29) is 12.0 Å². The van der Waals surface area contributed by atoms with Crippen molar-refractivity contribution in [1.29, 1.82) is 5.26 Å². The molecule has 0 aromatic carbocycles. The lowest BCUT2D eigenvalue weighted by molar-refractivity contribution is -0.113. The lowest BCUT2D eigenvalue weighted by Crippen LogP contribution is -2.22. The zero-order valence-corrected chi connectivity index (χ0v) is 14.4. The van der Waals surface area contributed by atoms with E-state index in [4.69, 9.17) is 4.74 Å². The minimum atomic E-state index is -0.0440. The summed E-state index contributed by atoms with van der Waals surface area (Å²) in [5.41, 5.74) is 3.02. The van der Waals surface area contributed by atoms with E-state index < -0.39 is 0 Å². The van der Waals surface area contributed by atoms with E-state index in [1.165, 1.54) is 17.5 Å². The highest BCUT2D eigenvalue weighted by Gasteiger charge is 2.28. The summed E-state index contributed by atoms with van der Waals surface area (Å²) >= 11 is 1.49. The number of amides is 1. The van der Waals surface area contributed by atoms with Crippen LogP contribution in [-0.4, -0.2) is 35.2 Å². The highest BCUT2D eigenvalue weighted by atomic mass is 32.2. The van der Waals surface area contributed by atoms with Gasteiger partial charge in [0.2, 0.25) is 5.91 Å². The van der Waals surface area contributed by atoms with Crippen molar-refractivity contribution >= 4 is 23.5 Å². The molecule has 2 aliphatic rings. The van der Waals surface area contributed by atoms with Crippen LogP contribution in [0.25, 0.3) is 0 Å². The summed E-state index contributed by atoms with van der Waals surface area (Å²) in [5.74, 6) is 1.05. The van der Waals surface area contributed by atoms with Gasteiger partial charge in [0.15, 0.2) is 0 Å². The molecule has 1 aromatic heterocycles. The third-order valence-corrected chi connectivity index (χ3v) is 5.18. The molecule has 1 aromatic rings. The zero-order valence-electron chi connectivity index (χ0n) is 13.6. The second-order valence-corrected chi connectivity index (χ2v) is 7.06. The van der Waals surface area contributed by atoms with Gasteiger partial charge in [-0.1, -0.05) is 0 Å². The van der Waals surface area contributed by atoms with Crippen LogP contribution in [0, 0.1) is 11.3 Å². The lowest BCUT2D eigenvalue weighted by atomic mass is 9.95. The Bertz CT molecular complexity index is 627. The van der Waals surface area contributed by atoms with Crippen LogP contribution in [0.5, 0.6) is 0 Å². The van der Waals surface area contributed by atoms with E-state index in [0.717, 1.165) is 57.2 Å². The highest BCUT2D eigenvalue weighted by Crippen LogP contribution is 2.34. The second kappa shape index (κ2) is 7.41. The van der Waals surface area contributed by atoms with Gasteiger partial charge in [-0.3, -0.25) is 4.79 Å². The molecule has 23 heavy (non-hydrogen) atoms. The van der Waals surface area contributed by atoms with Gasteiger partial charge in [-0.25, -0.2) is 0 Å². The van der Waals surface area contributed by atoms with Crippen molar-refractivity contribution in [2.75, 3.05) is 23.9 Å². The average Bonchev–Trinajstić information content (AvgIpc) is 3.15. The Morgan fingerprint density at radius 1 is 1.43 bits per heavy atom. The summed E-state index contributed by atoms with van der Waals surface area (Å²) < 4.78 is 7.93. The summed E-state index contributed by atoms with van der Waals surface area (Å²) in [7, 11) is 0. The summed E-state index contributed by atoms with van der Waals surface area (Å²) in [4.78, 5) is 12.1. The molecule has 1 aliphatic carbocycles. The quantitative estimate of drug-likeness (QED) is 0.900. The van der Waals surface area contributed by atoms with Crippen molar-refractivity contribution in [3.8, 4) is 6.07 Å². The third kappa shape index (κ3) is 3.41. The number of hydrogen-bond donors (Lipinski definition) is 1. The number of nitrogens with one attached hydrogen (secondary N) is 1. The van der Waals surface area contributed by atoms with Gasteiger partial charge in [0.1, 0.15) is 11.9 Å². The number of fused-ring (bicyclic) bond motifs is 1. The van der Waals surface area contributed by atoms with Crippen LogP contribution in [0.15, 0.2) is 0 Å². The Morgan fingerprint density at radius 3 is 2.96 bits per heavy atom. The molecule has 6 heteroatoms. The highest BCUT2D eigenvalue weighted by molar-refractivity contribution is 7.99. The standard InChI is InChI=1S/C17H23N3O2S/c1-23-11-16(21)19-17-14(9-18)13-6-2-3-7-15(13)20(17)10-12-5-4-8-22-12/h12H,2-8,10-11H2,1H3,(H,19,21)/t12-/m1/s1. The summed E-state index contributed by atoms with van der Waals surface area (Å²) in [6.45, 7) is 1.55. The molecule has 5 nitrogen and oxygen atoms in total. The van der Waals surface area contributed by atoms with Gasteiger partial charge in [0.05, 0.1) is 24.0 Å². The first kappa shape index (κ1) is 16.4. The fourth-order valence-corrected chi connectivity index (χ4v) is 3.95. The van der Waals surface area contributed by atoms with Crippen LogP contribution < -0.4 is 5.32 Å². The molecule has 124 valence electrons. The average molecular weight is 333 g/mol. The van der Waals surface area contributed by atoms with Gasteiger partial charge in [-0.2, -0.15) is 17.0 Å². The second-order valence-electron chi connectivity index (χ2n) is 6.19. The Morgan fingerprint density at radius 2 is 2.26 bits per heavy atom. The molecular weight excluding hydrogens is 310 g/mol. The van der Waals surface area contributed by atoms with Crippen LogP contribution in [0.2, 0.25) is 0 Å². The first-order valence-electron chi connectivity index (χ1n) is 8.29. The maximum Gasteiger partial charge on any atom is 0.235 e. The predicted molar refractivity (Wildman–Crippen MR) is 91.8 cm³/mol. The number of hydrogen-bond acceptors (Lipinski definition) is 4. The largest absolute Gasteiger partial charge is 0.376 e. The maximum absolute atomic E-state index is 12.1. The number of anilines is 1. The van der Waals surface area contributed by atoms with Gasteiger partial charge in [-0.05, 0) is 50.3 Å². The van der Waals surface area contributed by atoms with Crippen LogP contribution in [0.3, 0.4) is 0 Å². The van der Waals surface area contributed by atoms with Crippen molar-refractivity contribution in [2.45, 2.75) is 51.2 Å². The molecule has 1 amide bonds. The van der Waals surface area contributed by atoms with Gasteiger partial charge < -0.3 is 14.6 Å². The van der Waals surface area contributed by atoms with E-state index in [2.05, 4.69) is 16.0 Å². The van der Waals surface area contributed by atoms with Crippen LogP contribution >= 0.6 is 11.8 Å². The fourth-order valence-electron chi connectivity index (χ4n) is 3.61. The monoisotopic (exact) mass is 333 g/mol. The van der Waals surface area contributed by atoms with E-state index in [0.29, 0.717) is 17.1 Å². The van der Waals surface area contributed by atoms with E-state index in [9.17, 15) is 10.1 Å². The molecular formula is C17H23N3O2S. The Balaban J connectivity index is 1.97. The normalized spacial score (nSPS) is 20.1. The first-order chi connectivity index (χ1) is 11.2. The lowest BCUT2D eigenvalue weighted by Gasteiger charge is -2.19. The van der Waals surface area contributed by atoms with Crippen molar-refractivity contribution in [3.05, 3.63) is 16.8 Å². The van der Waals surface area contributed by atoms with Crippen molar-refractivity contribution in [3.63, 3.8) is 0 Å². The van der Waals surface area contributed by atoms with E-state index >= 15 is 0 Å². The van der Waals surface area contributed by atoms with Crippen LogP contribution in [0.4, 0.5) is 5.82 Å². The molecule has 1 aliphatic heterocycles. The van der Waals surface area contributed by atoms with Crippen molar-refractivity contribution in [2.24, 2.45) is 0 Å². The third-order valence-electron chi connectivity index (χ3n) is 4.63. The molecule has 2 heterocycles.